The van der Waals surface area contributed by atoms with Crippen LogP contribution in [0.3, 0.4) is 0 Å². The first kappa shape index (κ1) is 18.9. The molecule has 0 bridgehead atoms. The van der Waals surface area contributed by atoms with Gasteiger partial charge in [-0.2, -0.15) is 0 Å². The van der Waals surface area contributed by atoms with Gasteiger partial charge in [0.15, 0.2) is 5.96 Å². The maximum absolute atomic E-state index is 4.63. The molecule has 0 fully saturated rings. The van der Waals surface area contributed by atoms with Crippen LogP contribution in [-0.2, 0) is 6.54 Å². The minimum absolute atomic E-state index is 0.557. The lowest BCUT2D eigenvalue weighted by Gasteiger charge is -2.30. The molecule has 0 amide bonds. The lowest BCUT2D eigenvalue weighted by molar-refractivity contribution is 0.178. The molecule has 0 aliphatic rings. The van der Waals surface area contributed by atoms with Gasteiger partial charge in [-0.05, 0) is 41.5 Å². The van der Waals surface area contributed by atoms with Crippen LogP contribution in [0.25, 0.3) is 0 Å². The fourth-order valence-corrected chi connectivity index (χ4v) is 3.11. The van der Waals surface area contributed by atoms with Crippen molar-refractivity contribution >= 4 is 17.3 Å². The Labute approximate surface area is 139 Å². The quantitative estimate of drug-likeness (QED) is 0.570. The van der Waals surface area contributed by atoms with Gasteiger partial charge in [0.2, 0.25) is 0 Å². The first-order chi connectivity index (χ1) is 10.4. The zero-order chi connectivity index (χ0) is 16.5. The molecule has 0 saturated carbocycles. The maximum atomic E-state index is 4.63. The SMILES string of the molecule is CCNC(=NCc1cnc(C)s1)NCCN(C(C)C)C(C)C. The molecule has 1 heterocycles. The van der Waals surface area contributed by atoms with Crippen molar-refractivity contribution in [3.8, 4) is 0 Å². The van der Waals surface area contributed by atoms with Gasteiger partial charge in [0.1, 0.15) is 0 Å². The topological polar surface area (TPSA) is 52.6 Å². The molecule has 22 heavy (non-hydrogen) atoms. The second-order valence-electron chi connectivity index (χ2n) is 5.89. The summed E-state index contributed by atoms with van der Waals surface area (Å²) in [6.45, 7) is 16.5. The third kappa shape index (κ3) is 6.75. The Kier molecular flexibility index (Phi) is 8.42. The van der Waals surface area contributed by atoms with Crippen molar-refractivity contribution in [1.82, 2.24) is 20.5 Å². The van der Waals surface area contributed by atoms with Gasteiger partial charge in [-0.3, -0.25) is 4.90 Å². The van der Waals surface area contributed by atoms with Crippen molar-refractivity contribution in [2.75, 3.05) is 19.6 Å². The average molecular weight is 326 g/mol. The minimum atomic E-state index is 0.557. The van der Waals surface area contributed by atoms with Gasteiger partial charge in [-0.15, -0.1) is 11.3 Å². The highest BCUT2D eigenvalue weighted by molar-refractivity contribution is 7.11. The van der Waals surface area contributed by atoms with Crippen LogP contribution in [0.15, 0.2) is 11.2 Å². The Morgan fingerprint density at radius 1 is 1.27 bits per heavy atom. The zero-order valence-electron chi connectivity index (χ0n) is 14.8. The Balaban J connectivity index is 2.49. The van der Waals surface area contributed by atoms with Gasteiger partial charge >= 0.3 is 0 Å². The molecule has 0 aromatic carbocycles. The van der Waals surface area contributed by atoms with Crippen LogP contribution < -0.4 is 10.6 Å². The number of hydrogen-bond acceptors (Lipinski definition) is 4. The largest absolute Gasteiger partial charge is 0.357 e. The molecule has 1 rings (SSSR count). The van der Waals surface area contributed by atoms with E-state index in [0.29, 0.717) is 18.6 Å². The average Bonchev–Trinajstić information content (AvgIpc) is 2.85. The molecular formula is C16H31N5S. The van der Waals surface area contributed by atoms with Crippen molar-refractivity contribution in [3.05, 3.63) is 16.1 Å². The fourth-order valence-electron chi connectivity index (χ4n) is 2.39. The third-order valence-electron chi connectivity index (χ3n) is 3.40. The van der Waals surface area contributed by atoms with E-state index in [0.717, 1.165) is 30.6 Å². The summed E-state index contributed by atoms with van der Waals surface area (Å²) in [5.41, 5.74) is 0. The zero-order valence-corrected chi connectivity index (χ0v) is 15.6. The van der Waals surface area contributed by atoms with Crippen molar-refractivity contribution in [2.45, 2.75) is 60.2 Å². The minimum Gasteiger partial charge on any atom is -0.357 e. The van der Waals surface area contributed by atoms with Crippen molar-refractivity contribution in [1.29, 1.82) is 0 Å². The standard InChI is InChI=1S/C16H31N5S/c1-7-17-16(20-11-15-10-19-14(6)22-15)18-8-9-21(12(2)3)13(4)5/h10,12-13H,7-9,11H2,1-6H3,(H2,17,18,20). The number of aromatic nitrogens is 1. The van der Waals surface area contributed by atoms with Crippen molar-refractivity contribution in [2.24, 2.45) is 4.99 Å². The van der Waals surface area contributed by atoms with E-state index < -0.39 is 0 Å². The molecule has 0 aliphatic carbocycles. The molecule has 2 N–H and O–H groups in total. The summed E-state index contributed by atoms with van der Waals surface area (Å²) >= 11 is 1.70. The van der Waals surface area contributed by atoms with Gasteiger partial charge in [0, 0.05) is 42.8 Å². The smallest absolute Gasteiger partial charge is 0.191 e. The molecule has 0 atom stereocenters. The number of thiazole rings is 1. The van der Waals surface area contributed by atoms with Crippen LogP contribution in [0.5, 0.6) is 0 Å². The van der Waals surface area contributed by atoms with Crippen LogP contribution in [0.2, 0.25) is 0 Å². The summed E-state index contributed by atoms with van der Waals surface area (Å²) in [5, 5.41) is 7.81. The molecule has 0 aliphatic heterocycles. The molecule has 0 radical (unpaired) electrons. The predicted molar refractivity (Wildman–Crippen MR) is 96.6 cm³/mol. The molecule has 1 aromatic rings. The van der Waals surface area contributed by atoms with E-state index in [4.69, 9.17) is 0 Å². The first-order valence-corrected chi connectivity index (χ1v) is 8.94. The maximum Gasteiger partial charge on any atom is 0.191 e. The second-order valence-corrected chi connectivity index (χ2v) is 7.21. The van der Waals surface area contributed by atoms with E-state index in [1.54, 1.807) is 11.3 Å². The summed E-state index contributed by atoms with van der Waals surface area (Å²) in [7, 11) is 0. The number of rotatable bonds is 8. The van der Waals surface area contributed by atoms with Crippen molar-refractivity contribution in [3.63, 3.8) is 0 Å². The Hall–Kier alpha value is -1.14. The van der Waals surface area contributed by atoms with Gasteiger partial charge in [0.05, 0.1) is 11.6 Å². The molecule has 0 unspecified atom stereocenters. The van der Waals surface area contributed by atoms with Gasteiger partial charge in [-0.25, -0.2) is 9.98 Å². The molecule has 5 nitrogen and oxygen atoms in total. The summed E-state index contributed by atoms with van der Waals surface area (Å²) in [6.07, 6.45) is 1.91. The second kappa shape index (κ2) is 9.79. The molecule has 0 saturated heterocycles. The van der Waals surface area contributed by atoms with Crippen LogP contribution in [0, 0.1) is 6.92 Å². The highest BCUT2D eigenvalue weighted by atomic mass is 32.1. The van der Waals surface area contributed by atoms with E-state index in [2.05, 4.69) is 60.1 Å². The molecule has 126 valence electrons. The lowest BCUT2D eigenvalue weighted by Crippen LogP contribution is -2.45. The monoisotopic (exact) mass is 325 g/mol. The number of nitrogens with zero attached hydrogens (tertiary/aromatic N) is 3. The van der Waals surface area contributed by atoms with Gasteiger partial charge < -0.3 is 10.6 Å². The van der Waals surface area contributed by atoms with Crippen LogP contribution in [0.1, 0.15) is 44.5 Å². The normalized spacial score (nSPS) is 12.5. The fraction of sp³-hybridized carbons (Fsp3) is 0.750. The first-order valence-electron chi connectivity index (χ1n) is 8.13. The van der Waals surface area contributed by atoms with Gasteiger partial charge in [0.25, 0.3) is 0 Å². The number of aryl methyl sites for hydroxylation is 1. The van der Waals surface area contributed by atoms with E-state index in [9.17, 15) is 0 Å². The van der Waals surface area contributed by atoms with E-state index in [1.165, 1.54) is 4.88 Å². The molecule has 6 heteroatoms. The summed E-state index contributed by atoms with van der Waals surface area (Å²) < 4.78 is 0. The molecule has 0 spiro atoms. The summed E-state index contributed by atoms with van der Waals surface area (Å²) in [6, 6.07) is 1.11. The Bertz CT molecular complexity index is 445. The Morgan fingerprint density at radius 2 is 1.95 bits per heavy atom. The number of guanidine groups is 1. The summed E-state index contributed by atoms with van der Waals surface area (Å²) in [4.78, 5) is 12.6. The highest BCUT2D eigenvalue weighted by Gasteiger charge is 2.12. The van der Waals surface area contributed by atoms with E-state index >= 15 is 0 Å². The van der Waals surface area contributed by atoms with Gasteiger partial charge in [-0.1, -0.05) is 0 Å². The number of hydrogen-bond donors (Lipinski definition) is 2. The van der Waals surface area contributed by atoms with E-state index in [1.807, 2.05) is 13.1 Å². The third-order valence-corrected chi connectivity index (χ3v) is 4.29. The molecule has 1 aromatic heterocycles. The number of nitrogens with one attached hydrogen (secondary N) is 2. The predicted octanol–water partition coefficient (Wildman–Crippen LogP) is 2.63. The van der Waals surface area contributed by atoms with E-state index in [-0.39, 0.29) is 0 Å². The van der Waals surface area contributed by atoms with Crippen LogP contribution in [0.4, 0.5) is 0 Å². The van der Waals surface area contributed by atoms with Crippen molar-refractivity contribution < 1.29 is 0 Å². The van der Waals surface area contributed by atoms with Crippen LogP contribution in [-0.4, -0.2) is 47.6 Å². The lowest BCUT2D eigenvalue weighted by atomic mass is 10.2. The summed E-state index contributed by atoms with van der Waals surface area (Å²) in [5.74, 6) is 0.876. The van der Waals surface area contributed by atoms with Crippen LogP contribution >= 0.6 is 11.3 Å². The highest BCUT2D eigenvalue weighted by Crippen LogP contribution is 2.12. The molecular weight excluding hydrogens is 294 g/mol. The number of aliphatic imine (C=N–C) groups is 1. The Morgan fingerprint density at radius 3 is 2.45 bits per heavy atom.